The van der Waals surface area contributed by atoms with Crippen molar-refractivity contribution < 1.29 is 14.6 Å². The number of aliphatic hydroxyl groups excluding tert-OH is 1. The molecule has 0 aliphatic heterocycles. The van der Waals surface area contributed by atoms with Crippen LogP contribution in [0.4, 0.5) is 0 Å². The van der Waals surface area contributed by atoms with Gasteiger partial charge in [0.15, 0.2) is 0 Å². The number of carbonyl (C=O) groups is 1. The summed E-state index contributed by atoms with van der Waals surface area (Å²) >= 11 is 1.34. The lowest BCUT2D eigenvalue weighted by Gasteiger charge is -2.21. The minimum absolute atomic E-state index is 0.00454. The molecule has 9 nitrogen and oxygen atoms in total. The molecule has 3 aromatic heterocycles. The van der Waals surface area contributed by atoms with Crippen molar-refractivity contribution >= 4 is 44.3 Å². The van der Waals surface area contributed by atoms with E-state index in [1.165, 1.54) is 11.3 Å². The van der Waals surface area contributed by atoms with E-state index in [4.69, 9.17) is 4.74 Å². The molecule has 6 rings (SSSR count). The maximum atomic E-state index is 13.6. The molecule has 1 aliphatic carbocycles. The molecule has 2 aromatic carbocycles. The summed E-state index contributed by atoms with van der Waals surface area (Å²) < 4.78 is 8.14. The zero-order valence-electron chi connectivity index (χ0n) is 23.8. The van der Waals surface area contributed by atoms with Crippen LogP contribution in [0.3, 0.4) is 0 Å². The van der Waals surface area contributed by atoms with Crippen LogP contribution in [0.1, 0.15) is 31.2 Å². The maximum Gasteiger partial charge on any atom is 0.353 e. The Morgan fingerprint density at radius 3 is 2.71 bits per heavy atom. The molecular formula is C32H33N5O4S. The number of nitrogens with zero attached hydrogens (tertiary/aromatic N) is 4. The molecule has 1 amide bonds. The van der Waals surface area contributed by atoms with Crippen molar-refractivity contribution in [1.82, 2.24) is 24.8 Å². The molecule has 1 fully saturated rings. The predicted octanol–water partition coefficient (Wildman–Crippen LogP) is 4.72. The number of carbonyl (C=O) groups excluding carboxylic acids is 1. The SMILES string of the molecule is Cc1cc(Oc2ccccc2)ccc1-n1c(=O)nc2c(=C(O)C[C@H]3CCC[C@@H]3NC(=O)CN(C)C)sc3nccc1c32. The van der Waals surface area contributed by atoms with Gasteiger partial charge in [-0.25, -0.2) is 9.78 Å². The molecule has 0 spiro atoms. The number of amides is 1. The first-order valence-electron chi connectivity index (χ1n) is 14.1. The van der Waals surface area contributed by atoms with Crippen LogP contribution in [0.15, 0.2) is 65.6 Å². The van der Waals surface area contributed by atoms with Crippen LogP contribution in [0, 0.1) is 12.8 Å². The summed E-state index contributed by atoms with van der Waals surface area (Å²) in [4.78, 5) is 37.5. The molecule has 0 saturated heterocycles. The van der Waals surface area contributed by atoms with Gasteiger partial charge in [0.25, 0.3) is 0 Å². The number of nitrogens with one attached hydrogen (secondary N) is 1. The van der Waals surface area contributed by atoms with Gasteiger partial charge < -0.3 is 20.1 Å². The number of benzene rings is 2. The van der Waals surface area contributed by atoms with Crippen molar-refractivity contribution in [2.75, 3.05) is 20.6 Å². The Bertz CT molecular complexity index is 1880. The number of pyridine rings is 1. The van der Waals surface area contributed by atoms with Gasteiger partial charge in [0.05, 0.1) is 27.7 Å². The second kappa shape index (κ2) is 11.5. The van der Waals surface area contributed by atoms with Gasteiger partial charge in [-0.3, -0.25) is 9.36 Å². The Balaban J connectivity index is 1.36. The van der Waals surface area contributed by atoms with E-state index < -0.39 is 5.69 Å². The van der Waals surface area contributed by atoms with E-state index in [0.29, 0.717) is 44.8 Å². The highest BCUT2D eigenvalue weighted by Gasteiger charge is 2.30. The van der Waals surface area contributed by atoms with Crippen molar-refractivity contribution in [3.05, 3.63) is 81.4 Å². The fourth-order valence-corrected chi connectivity index (χ4v) is 6.94. The van der Waals surface area contributed by atoms with Crippen molar-refractivity contribution in [3.8, 4) is 17.2 Å². The number of aromatic nitrogens is 3. The number of ether oxygens (including phenoxy) is 1. The van der Waals surface area contributed by atoms with E-state index in [2.05, 4.69) is 15.3 Å². The summed E-state index contributed by atoms with van der Waals surface area (Å²) in [5.74, 6) is 1.68. The molecule has 10 heteroatoms. The first kappa shape index (κ1) is 27.9. The van der Waals surface area contributed by atoms with Crippen LogP contribution in [-0.4, -0.2) is 57.1 Å². The molecule has 2 atom stereocenters. The zero-order valence-corrected chi connectivity index (χ0v) is 24.6. The fourth-order valence-electron chi connectivity index (χ4n) is 5.88. The van der Waals surface area contributed by atoms with Crippen LogP contribution >= 0.6 is 11.3 Å². The summed E-state index contributed by atoms with van der Waals surface area (Å²) in [7, 11) is 3.73. The number of likely N-dealkylation sites (N-methyl/N-ethyl adjacent to an activating group) is 1. The second-order valence-corrected chi connectivity index (χ2v) is 12.1. The van der Waals surface area contributed by atoms with Gasteiger partial charge in [0.1, 0.15) is 27.6 Å². The van der Waals surface area contributed by atoms with Crippen molar-refractivity contribution in [2.45, 2.75) is 38.6 Å². The van der Waals surface area contributed by atoms with Gasteiger partial charge in [-0.2, -0.15) is 4.98 Å². The molecule has 0 bridgehead atoms. The Morgan fingerprint density at radius 2 is 1.95 bits per heavy atom. The third-order valence-corrected chi connectivity index (χ3v) is 8.89. The maximum absolute atomic E-state index is 13.6. The van der Waals surface area contributed by atoms with Crippen molar-refractivity contribution in [3.63, 3.8) is 0 Å². The average Bonchev–Trinajstić information content (AvgIpc) is 3.54. The lowest BCUT2D eigenvalue weighted by atomic mass is 9.98. The topological polar surface area (TPSA) is 110 Å². The van der Waals surface area contributed by atoms with E-state index in [9.17, 15) is 14.7 Å². The standard InChI is InChI=1S/C32H33N5O4S/c1-19-16-22(41-21-9-5-4-6-10-21)12-13-24(19)37-25-14-15-33-31-28(25)29(35-32(37)40)30(42-31)26(38)17-20-8-7-11-23(20)34-27(39)18-36(2)3/h4-6,9-10,12-16,20,23,38H,7-8,11,17-18H2,1-3H3,(H,34,39)/t20-,23+/m1/s1. The number of rotatable bonds is 8. The van der Waals surface area contributed by atoms with E-state index in [-0.39, 0.29) is 23.6 Å². The van der Waals surface area contributed by atoms with Crippen LogP contribution in [0.2, 0.25) is 0 Å². The third-order valence-electron chi connectivity index (χ3n) is 7.76. The van der Waals surface area contributed by atoms with Gasteiger partial charge >= 0.3 is 5.69 Å². The Labute approximate surface area is 247 Å². The van der Waals surface area contributed by atoms with E-state index in [1.807, 2.05) is 80.5 Å². The summed E-state index contributed by atoms with van der Waals surface area (Å²) in [6.45, 7) is 2.26. The quantitative estimate of drug-likeness (QED) is 0.272. The van der Waals surface area contributed by atoms with Crippen LogP contribution in [0.25, 0.3) is 32.7 Å². The Kier molecular flexibility index (Phi) is 7.66. The van der Waals surface area contributed by atoms with Gasteiger partial charge in [-0.05, 0) is 81.7 Å². The highest BCUT2D eigenvalue weighted by molar-refractivity contribution is 7.17. The minimum atomic E-state index is -0.433. The smallest absolute Gasteiger partial charge is 0.353 e. The summed E-state index contributed by atoms with van der Waals surface area (Å²) in [6, 6.07) is 17.0. The first-order valence-corrected chi connectivity index (χ1v) is 14.9. The highest BCUT2D eigenvalue weighted by Crippen LogP contribution is 2.33. The molecule has 0 radical (unpaired) electrons. The molecule has 3 heterocycles. The van der Waals surface area contributed by atoms with E-state index >= 15 is 0 Å². The van der Waals surface area contributed by atoms with Crippen molar-refractivity contribution in [1.29, 1.82) is 0 Å². The van der Waals surface area contributed by atoms with Gasteiger partial charge in [0.2, 0.25) is 5.91 Å². The van der Waals surface area contributed by atoms with Crippen molar-refractivity contribution in [2.24, 2.45) is 5.92 Å². The Morgan fingerprint density at radius 1 is 1.14 bits per heavy atom. The van der Waals surface area contributed by atoms with Crippen LogP contribution in [0.5, 0.6) is 11.5 Å². The molecule has 1 aliphatic rings. The zero-order chi connectivity index (χ0) is 29.4. The highest BCUT2D eigenvalue weighted by atomic mass is 32.1. The summed E-state index contributed by atoms with van der Waals surface area (Å²) in [5.41, 5.74) is 2.26. The first-order chi connectivity index (χ1) is 20.3. The fraction of sp³-hybridized carbons (Fsp3) is 0.312. The molecule has 1 saturated carbocycles. The average molecular weight is 584 g/mol. The lowest BCUT2D eigenvalue weighted by molar-refractivity contribution is -0.122. The second-order valence-electron chi connectivity index (χ2n) is 11.1. The largest absolute Gasteiger partial charge is 0.511 e. The number of aryl methyl sites for hydroxylation is 1. The predicted molar refractivity (Wildman–Crippen MR) is 165 cm³/mol. The molecule has 42 heavy (non-hydrogen) atoms. The number of hydrogen-bond acceptors (Lipinski definition) is 8. The number of hydrogen-bond donors (Lipinski definition) is 2. The lowest BCUT2D eigenvalue weighted by Crippen LogP contribution is -2.42. The van der Waals surface area contributed by atoms with Crippen LogP contribution < -0.4 is 20.3 Å². The normalized spacial score (nSPS) is 17.7. The van der Waals surface area contributed by atoms with Gasteiger partial charge in [-0.1, -0.05) is 24.6 Å². The molecular weight excluding hydrogens is 550 g/mol. The minimum Gasteiger partial charge on any atom is -0.511 e. The number of aliphatic hydroxyl groups is 1. The summed E-state index contributed by atoms with van der Waals surface area (Å²) in [6.07, 6.45) is 4.86. The molecule has 0 unspecified atom stereocenters. The van der Waals surface area contributed by atoms with Gasteiger partial charge in [-0.15, -0.1) is 11.3 Å². The number of thiophene rings is 1. The molecule has 5 aromatic rings. The van der Waals surface area contributed by atoms with Gasteiger partial charge in [0, 0.05) is 18.7 Å². The summed E-state index contributed by atoms with van der Waals surface area (Å²) in [5, 5.41) is 15.2. The monoisotopic (exact) mass is 583 g/mol. The number of para-hydroxylation sites is 1. The van der Waals surface area contributed by atoms with E-state index in [1.54, 1.807) is 10.8 Å². The van der Waals surface area contributed by atoms with E-state index in [0.717, 1.165) is 36.0 Å². The molecule has 2 N–H and O–H groups in total. The third kappa shape index (κ3) is 5.47. The molecule has 216 valence electrons. The Hall–Kier alpha value is -4.28. The van der Waals surface area contributed by atoms with Crippen LogP contribution in [-0.2, 0) is 4.79 Å².